The van der Waals surface area contributed by atoms with E-state index in [2.05, 4.69) is 10.5 Å². The van der Waals surface area contributed by atoms with E-state index in [4.69, 9.17) is 27.5 Å². The van der Waals surface area contributed by atoms with Crippen LogP contribution < -0.4 is 34.9 Å². The summed E-state index contributed by atoms with van der Waals surface area (Å²) in [6, 6.07) is 7.24. The molecule has 1 aliphatic rings. The Labute approximate surface area is 171 Å². The van der Waals surface area contributed by atoms with Crippen molar-refractivity contribution in [2.24, 2.45) is 5.16 Å². The fourth-order valence-electron chi connectivity index (χ4n) is 1.87. The molecule has 1 fully saturated rings. The smallest absolute Gasteiger partial charge is 0.726 e. The molecule has 0 spiro atoms. The molecular weight excluding hydrogens is 381 g/mol. The van der Waals surface area contributed by atoms with Crippen LogP contribution >= 0.6 is 0 Å². The third-order valence-electron chi connectivity index (χ3n) is 2.91. The first-order valence-electron chi connectivity index (χ1n) is 6.86. The van der Waals surface area contributed by atoms with Crippen LogP contribution in [0.25, 0.3) is 0 Å². The number of carbonyl (C=O) groups is 2. The normalized spacial score (nSPS) is 13.5. The minimum absolute atomic E-state index is 0. The Kier molecular flexibility index (Phi) is 11.1. The van der Waals surface area contributed by atoms with E-state index in [1.165, 1.54) is 0 Å². The average Bonchev–Trinajstić information content (AvgIpc) is 2.90. The van der Waals surface area contributed by atoms with Crippen molar-refractivity contribution in [2.75, 3.05) is 25.0 Å². The summed E-state index contributed by atoms with van der Waals surface area (Å²) < 4.78 is 37.7. The van der Waals surface area contributed by atoms with Gasteiger partial charge in [0.1, 0.15) is 12.8 Å². The molecule has 1 heterocycles. The molecule has 13 heteroatoms. The zero-order valence-electron chi connectivity index (χ0n) is 13.9. The van der Waals surface area contributed by atoms with Gasteiger partial charge < -0.3 is 24.7 Å². The summed E-state index contributed by atoms with van der Waals surface area (Å²) in [5.41, 5.74) is 1.66. The molecule has 1 aromatic carbocycles. The van der Waals surface area contributed by atoms with E-state index in [0.717, 1.165) is 18.2 Å². The number of amides is 2. The van der Waals surface area contributed by atoms with Crippen molar-refractivity contribution in [2.45, 2.75) is 6.42 Å². The van der Waals surface area contributed by atoms with Crippen LogP contribution in [-0.2, 0) is 26.4 Å². The van der Waals surface area contributed by atoms with Crippen molar-refractivity contribution < 1.29 is 66.6 Å². The minimum Gasteiger partial charge on any atom is -0.726 e. The van der Waals surface area contributed by atoms with Crippen molar-refractivity contribution in [3.63, 3.8) is 0 Å². The second kappa shape index (κ2) is 11.8. The number of rotatable bonds is 5. The molecule has 2 rings (SSSR count). The molecule has 3 N–H and O–H groups in total. The van der Waals surface area contributed by atoms with Crippen LogP contribution in [0.5, 0.6) is 0 Å². The van der Waals surface area contributed by atoms with Crippen molar-refractivity contribution in [1.82, 2.24) is 4.90 Å². The predicted octanol–water partition coefficient (Wildman–Crippen LogP) is -2.91. The summed E-state index contributed by atoms with van der Waals surface area (Å²) in [6.07, 6.45) is 1.24. The van der Waals surface area contributed by atoms with Gasteiger partial charge in [-0.05, 0) is 24.1 Å². The number of cyclic esters (lactones) is 1. The van der Waals surface area contributed by atoms with Crippen LogP contribution in [-0.4, -0.2) is 65.5 Å². The number of anilines is 1. The molecule has 1 aromatic rings. The van der Waals surface area contributed by atoms with E-state index in [9.17, 15) is 9.59 Å². The molecule has 0 aliphatic carbocycles. The molecule has 2 amide bonds. The minimum atomic E-state index is -4.92. The molecule has 1 aliphatic heterocycles. The number of ether oxygens (including phenoxy) is 1. The SMILES string of the molecule is O=C(/C=N/O)Nc1ccc(CCN2CCOC2=O)cc1.O=S(=O)([O-])O.[Na+]. The molecule has 11 nitrogen and oxygen atoms in total. The summed E-state index contributed by atoms with van der Waals surface area (Å²) in [6.45, 7) is 1.70. The first-order valence-corrected chi connectivity index (χ1v) is 8.23. The number of carbonyl (C=O) groups excluding carboxylic acids is 2. The Morgan fingerprint density at radius 3 is 2.42 bits per heavy atom. The first-order chi connectivity index (χ1) is 11.7. The average molecular weight is 397 g/mol. The maximum Gasteiger partial charge on any atom is 1.00 e. The number of hydrogen-bond acceptors (Lipinski definition) is 8. The monoisotopic (exact) mass is 397 g/mol. The fourth-order valence-corrected chi connectivity index (χ4v) is 1.87. The summed E-state index contributed by atoms with van der Waals surface area (Å²) in [5.74, 6) is -0.500. The number of nitrogens with one attached hydrogen (secondary N) is 1. The second-order valence-corrected chi connectivity index (χ2v) is 5.57. The molecule has 26 heavy (non-hydrogen) atoms. The maximum atomic E-state index is 11.3. The van der Waals surface area contributed by atoms with Gasteiger partial charge in [0.15, 0.2) is 0 Å². The van der Waals surface area contributed by atoms with E-state index >= 15 is 0 Å². The van der Waals surface area contributed by atoms with Crippen LogP contribution in [0.2, 0.25) is 0 Å². The van der Waals surface area contributed by atoms with Gasteiger partial charge in [0.05, 0.1) is 6.54 Å². The summed E-state index contributed by atoms with van der Waals surface area (Å²) in [4.78, 5) is 24.1. The Morgan fingerprint density at radius 2 is 1.96 bits per heavy atom. The third kappa shape index (κ3) is 11.0. The van der Waals surface area contributed by atoms with Crippen molar-refractivity contribution in [3.8, 4) is 0 Å². The Bertz CT molecular complexity index is 715. The first kappa shape index (κ1) is 24.3. The quantitative estimate of drug-likeness (QED) is 0.119. The second-order valence-electron chi connectivity index (χ2n) is 4.71. The van der Waals surface area contributed by atoms with E-state index in [0.29, 0.717) is 25.4 Å². The van der Waals surface area contributed by atoms with Gasteiger partial charge in [-0.25, -0.2) is 13.2 Å². The predicted molar refractivity (Wildman–Crippen MR) is 84.3 cm³/mol. The molecule has 138 valence electrons. The van der Waals surface area contributed by atoms with Gasteiger partial charge in [-0.1, -0.05) is 17.3 Å². The Morgan fingerprint density at radius 1 is 1.38 bits per heavy atom. The van der Waals surface area contributed by atoms with Gasteiger partial charge >= 0.3 is 35.7 Å². The van der Waals surface area contributed by atoms with Crippen molar-refractivity contribution in [1.29, 1.82) is 0 Å². The van der Waals surface area contributed by atoms with Gasteiger partial charge in [0, 0.05) is 12.2 Å². The Hall–Kier alpha value is -1.70. The zero-order valence-corrected chi connectivity index (χ0v) is 16.7. The molecule has 1 saturated heterocycles. The number of nitrogens with zero attached hydrogens (tertiary/aromatic N) is 2. The molecule has 0 radical (unpaired) electrons. The van der Waals surface area contributed by atoms with E-state index < -0.39 is 16.3 Å². The summed E-state index contributed by atoms with van der Waals surface area (Å²) in [7, 11) is -4.92. The molecular formula is C13H16N3NaO8S. The summed E-state index contributed by atoms with van der Waals surface area (Å²) >= 11 is 0. The Balaban J connectivity index is 0.000000923. The van der Waals surface area contributed by atoms with Crippen molar-refractivity contribution in [3.05, 3.63) is 29.8 Å². The van der Waals surface area contributed by atoms with Crippen LogP contribution in [0.15, 0.2) is 29.4 Å². The summed E-state index contributed by atoms with van der Waals surface area (Å²) in [5, 5.41) is 13.4. The van der Waals surface area contributed by atoms with Gasteiger partial charge in [-0.2, -0.15) is 0 Å². The molecule has 0 saturated carbocycles. The van der Waals surface area contributed by atoms with Gasteiger partial charge in [-0.15, -0.1) is 0 Å². The molecule has 0 atom stereocenters. The van der Waals surface area contributed by atoms with E-state index in [1.807, 2.05) is 12.1 Å². The van der Waals surface area contributed by atoms with Crippen LogP contribution in [0.4, 0.5) is 10.5 Å². The van der Waals surface area contributed by atoms with E-state index in [-0.39, 0.29) is 35.7 Å². The fraction of sp³-hybridized carbons (Fsp3) is 0.308. The molecule has 0 aromatic heterocycles. The largest absolute Gasteiger partial charge is 1.00 e. The van der Waals surface area contributed by atoms with Gasteiger partial charge in [0.2, 0.25) is 10.4 Å². The maximum absolute atomic E-state index is 11.3. The third-order valence-corrected chi connectivity index (χ3v) is 2.91. The molecule has 0 unspecified atom stereocenters. The van der Waals surface area contributed by atoms with Gasteiger partial charge in [-0.3, -0.25) is 9.35 Å². The van der Waals surface area contributed by atoms with Crippen LogP contribution in [0.3, 0.4) is 0 Å². The zero-order chi connectivity index (χ0) is 18.9. The number of benzene rings is 1. The van der Waals surface area contributed by atoms with E-state index in [1.54, 1.807) is 17.0 Å². The number of hydrogen-bond donors (Lipinski definition) is 3. The standard InChI is InChI=1S/C13H15N3O4.Na.H2O4S/c17-12(9-14-19)15-11-3-1-10(2-4-11)5-6-16-7-8-20-13(16)18;;1-5(2,3)4/h1-4,9,19H,5-8H2,(H,15,17);;(H2,1,2,3,4)/q;+1;/p-1/b14-9+;;. The van der Waals surface area contributed by atoms with Crippen LogP contribution in [0.1, 0.15) is 5.56 Å². The molecule has 0 bridgehead atoms. The topological polar surface area (TPSA) is 169 Å². The van der Waals surface area contributed by atoms with Crippen LogP contribution in [0, 0.1) is 0 Å². The number of oxime groups is 1. The van der Waals surface area contributed by atoms with Crippen molar-refractivity contribution >= 4 is 34.3 Å². The van der Waals surface area contributed by atoms with Gasteiger partial charge in [0.25, 0.3) is 5.91 Å².